The Morgan fingerprint density at radius 3 is 2.30 bits per heavy atom. The molecule has 2 aliphatic rings. The number of rotatable bonds is 4. The Morgan fingerprint density at radius 1 is 1.10 bits per heavy atom. The first kappa shape index (κ1) is 15.9. The second kappa shape index (κ2) is 7.48. The first-order valence-corrected chi connectivity index (χ1v) is 9.02. The van der Waals surface area contributed by atoms with E-state index >= 15 is 0 Å². The zero-order valence-corrected chi connectivity index (χ0v) is 13.6. The van der Waals surface area contributed by atoms with Crippen LogP contribution in [0.15, 0.2) is 0 Å². The third-order valence-corrected chi connectivity index (χ3v) is 5.71. The van der Waals surface area contributed by atoms with Crippen molar-refractivity contribution in [3.63, 3.8) is 0 Å². The Bertz CT molecular complexity index is 348. The van der Waals surface area contributed by atoms with Crippen LogP contribution in [0, 0.1) is 5.92 Å². The van der Waals surface area contributed by atoms with Gasteiger partial charge in [0.25, 0.3) is 0 Å². The zero-order chi connectivity index (χ0) is 14.5. The van der Waals surface area contributed by atoms with E-state index < -0.39 is 0 Å². The third-order valence-electron chi connectivity index (χ3n) is 4.16. The first-order chi connectivity index (χ1) is 9.58. The maximum Gasteiger partial charge on any atom is 0.242 e. The summed E-state index contributed by atoms with van der Waals surface area (Å²) in [6.45, 7) is 4.69. The summed E-state index contributed by atoms with van der Waals surface area (Å²) in [6.07, 6.45) is 9.43. The predicted octanol–water partition coefficient (Wildman–Crippen LogP) is 3.62. The molecule has 114 valence electrons. The van der Waals surface area contributed by atoms with Crippen molar-refractivity contribution in [2.75, 3.05) is 6.54 Å². The zero-order valence-electron chi connectivity index (χ0n) is 12.8. The van der Waals surface area contributed by atoms with E-state index in [9.17, 15) is 9.59 Å². The largest absolute Gasteiger partial charge is 0.281 e. The molecule has 0 aromatic heterocycles. The topological polar surface area (TPSA) is 37.4 Å². The summed E-state index contributed by atoms with van der Waals surface area (Å²) in [5, 5.41) is 0.474. The maximum absolute atomic E-state index is 12.4. The van der Waals surface area contributed by atoms with Crippen molar-refractivity contribution in [3.8, 4) is 0 Å². The standard InChI is InChI=1S/C16H27NO2S/c1-12(2)11-17-15(18)10-14(16(17)19)20-13-8-6-4-3-5-7-9-13/h12-14H,3-11H2,1-2H3. The summed E-state index contributed by atoms with van der Waals surface area (Å²) in [5.41, 5.74) is 0. The fourth-order valence-electron chi connectivity index (χ4n) is 3.10. The van der Waals surface area contributed by atoms with Gasteiger partial charge in [-0.2, -0.15) is 0 Å². The predicted molar refractivity (Wildman–Crippen MR) is 83.7 cm³/mol. The van der Waals surface area contributed by atoms with Gasteiger partial charge in [-0.1, -0.05) is 46.0 Å². The van der Waals surface area contributed by atoms with Gasteiger partial charge in [-0.05, 0) is 18.8 Å². The molecule has 1 atom stereocenters. The second-order valence-corrected chi connectivity index (χ2v) is 8.04. The normalized spacial score (nSPS) is 26.1. The first-order valence-electron chi connectivity index (χ1n) is 8.07. The molecular weight excluding hydrogens is 270 g/mol. The molecule has 0 radical (unpaired) electrons. The molecular formula is C16H27NO2S. The van der Waals surface area contributed by atoms with Crippen LogP contribution in [0.1, 0.15) is 65.2 Å². The van der Waals surface area contributed by atoms with Crippen molar-refractivity contribution < 1.29 is 9.59 Å². The molecule has 1 saturated heterocycles. The maximum atomic E-state index is 12.4. The number of thioether (sulfide) groups is 1. The van der Waals surface area contributed by atoms with Gasteiger partial charge in [0.1, 0.15) is 0 Å². The summed E-state index contributed by atoms with van der Waals surface area (Å²) < 4.78 is 0. The summed E-state index contributed by atoms with van der Waals surface area (Å²) in [7, 11) is 0. The lowest BCUT2D eigenvalue weighted by atomic mass is 10.0. The van der Waals surface area contributed by atoms with E-state index in [1.165, 1.54) is 49.8 Å². The van der Waals surface area contributed by atoms with Crippen LogP contribution in [0.2, 0.25) is 0 Å². The number of nitrogens with zero attached hydrogens (tertiary/aromatic N) is 1. The van der Waals surface area contributed by atoms with Crippen molar-refractivity contribution in [3.05, 3.63) is 0 Å². The van der Waals surface area contributed by atoms with Crippen molar-refractivity contribution in [1.29, 1.82) is 0 Å². The second-order valence-electron chi connectivity index (χ2n) is 6.53. The Hall–Kier alpha value is -0.510. The highest BCUT2D eigenvalue weighted by Crippen LogP contribution is 2.34. The Morgan fingerprint density at radius 2 is 1.70 bits per heavy atom. The van der Waals surface area contributed by atoms with Crippen LogP contribution in [0.3, 0.4) is 0 Å². The van der Waals surface area contributed by atoms with Crippen molar-refractivity contribution in [1.82, 2.24) is 4.90 Å². The molecule has 20 heavy (non-hydrogen) atoms. The Balaban J connectivity index is 1.89. The molecule has 1 aliphatic heterocycles. The van der Waals surface area contributed by atoms with E-state index in [-0.39, 0.29) is 17.1 Å². The van der Waals surface area contributed by atoms with Crippen molar-refractivity contribution >= 4 is 23.6 Å². The molecule has 0 aromatic carbocycles. The fourth-order valence-corrected chi connectivity index (χ4v) is 4.66. The number of hydrogen-bond acceptors (Lipinski definition) is 3. The summed E-state index contributed by atoms with van der Waals surface area (Å²) in [4.78, 5) is 25.8. The lowest BCUT2D eigenvalue weighted by Gasteiger charge is -2.22. The van der Waals surface area contributed by atoms with Gasteiger partial charge >= 0.3 is 0 Å². The van der Waals surface area contributed by atoms with Crippen LogP contribution >= 0.6 is 11.8 Å². The minimum Gasteiger partial charge on any atom is -0.281 e. The van der Waals surface area contributed by atoms with Crippen LogP contribution in [0.25, 0.3) is 0 Å². The van der Waals surface area contributed by atoms with Gasteiger partial charge < -0.3 is 0 Å². The summed E-state index contributed by atoms with van der Waals surface area (Å²) in [5.74, 6) is 0.454. The van der Waals surface area contributed by atoms with E-state index in [0.29, 0.717) is 24.1 Å². The van der Waals surface area contributed by atoms with Crippen molar-refractivity contribution in [2.24, 2.45) is 5.92 Å². The molecule has 3 nitrogen and oxygen atoms in total. The minimum atomic E-state index is -0.106. The van der Waals surface area contributed by atoms with Gasteiger partial charge in [-0.3, -0.25) is 14.5 Å². The molecule has 2 amide bonds. The Labute approximate surface area is 126 Å². The smallest absolute Gasteiger partial charge is 0.242 e. The van der Waals surface area contributed by atoms with Crippen LogP contribution in [-0.2, 0) is 9.59 Å². The number of amides is 2. The lowest BCUT2D eigenvalue weighted by molar-refractivity contribution is -0.138. The molecule has 0 N–H and O–H groups in total. The lowest BCUT2D eigenvalue weighted by Crippen LogP contribution is -2.34. The van der Waals surface area contributed by atoms with E-state index in [2.05, 4.69) is 13.8 Å². The number of carbonyl (C=O) groups is 2. The highest BCUT2D eigenvalue weighted by atomic mass is 32.2. The van der Waals surface area contributed by atoms with Crippen LogP contribution in [-0.4, -0.2) is 33.8 Å². The number of hydrogen-bond donors (Lipinski definition) is 0. The highest BCUT2D eigenvalue weighted by Gasteiger charge is 2.40. The average molecular weight is 297 g/mol. The molecule has 2 fully saturated rings. The molecule has 0 spiro atoms. The average Bonchev–Trinajstić information content (AvgIpc) is 2.60. The van der Waals surface area contributed by atoms with Crippen LogP contribution in [0.5, 0.6) is 0 Å². The van der Waals surface area contributed by atoms with Gasteiger partial charge in [-0.25, -0.2) is 0 Å². The number of carbonyl (C=O) groups excluding carboxylic acids is 2. The van der Waals surface area contributed by atoms with Crippen LogP contribution in [0.4, 0.5) is 0 Å². The summed E-state index contributed by atoms with van der Waals surface area (Å²) in [6, 6.07) is 0. The molecule has 2 rings (SSSR count). The third kappa shape index (κ3) is 4.24. The van der Waals surface area contributed by atoms with E-state index in [4.69, 9.17) is 0 Å². The van der Waals surface area contributed by atoms with E-state index in [1.54, 1.807) is 11.8 Å². The minimum absolute atomic E-state index is 0.0343. The molecule has 0 bridgehead atoms. The van der Waals surface area contributed by atoms with Crippen molar-refractivity contribution in [2.45, 2.75) is 75.7 Å². The highest BCUT2D eigenvalue weighted by molar-refractivity contribution is 8.01. The van der Waals surface area contributed by atoms with E-state index in [1.807, 2.05) is 0 Å². The molecule has 0 aromatic rings. The SMILES string of the molecule is CC(C)CN1C(=O)CC(SC2CCCCCCC2)C1=O. The number of likely N-dealkylation sites (tertiary alicyclic amines) is 1. The molecule has 1 aliphatic carbocycles. The van der Waals surface area contributed by atoms with Gasteiger partial charge in [0, 0.05) is 18.2 Å². The molecule has 1 saturated carbocycles. The van der Waals surface area contributed by atoms with Gasteiger partial charge in [0.05, 0.1) is 5.25 Å². The van der Waals surface area contributed by atoms with Gasteiger partial charge in [0.15, 0.2) is 0 Å². The monoisotopic (exact) mass is 297 g/mol. The number of imide groups is 1. The van der Waals surface area contributed by atoms with Gasteiger partial charge in [0.2, 0.25) is 11.8 Å². The van der Waals surface area contributed by atoms with E-state index in [0.717, 1.165) is 0 Å². The fraction of sp³-hybridized carbons (Fsp3) is 0.875. The van der Waals surface area contributed by atoms with Crippen LogP contribution < -0.4 is 0 Å². The Kier molecular flexibility index (Phi) is 5.94. The molecule has 4 heteroatoms. The molecule has 1 unspecified atom stereocenters. The molecule has 1 heterocycles. The quantitative estimate of drug-likeness (QED) is 0.744. The van der Waals surface area contributed by atoms with Gasteiger partial charge in [-0.15, -0.1) is 11.8 Å². The summed E-state index contributed by atoms with van der Waals surface area (Å²) >= 11 is 1.78.